The van der Waals surface area contributed by atoms with Crippen molar-refractivity contribution in [3.05, 3.63) is 21.2 Å². The zero-order valence-electron chi connectivity index (χ0n) is 3.12. The van der Waals surface area contributed by atoms with Gasteiger partial charge in [0.05, 0.1) is 0 Å². The maximum Gasteiger partial charge on any atom is 0.0193 e. The van der Waals surface area contributed by atoms with Gasteiger partial charge < -0.3 is 0 Å². The maximum absolute atomic E-state index is 3.53. The molecule has 0 spiro atoms. The van der Waals surface area contributed by atoms with Gasteiger partial charge in [0.25, 0.3) is 0 Å². The molecule has 0 unspecified atom stereocenters. The fraction of sp³-hybridized carbons (Fsp3) is 0. The number of rotatable bonds is 1. The van der Waals surface area contributed by atoms with Crippen LogP contribution in [0.1, 0.15) is 0 Å². The molecule has 0 rings (SSSR count). The van der Waals surface area contributed by atoms with Crippen molar-refractivity contribution < 1.29 is 0 Å². The van der Waals surface area contributed by atoms with Gasteiger partial charge in [-0.2, -0.15) is 0 Å². The highest BCUT2D eigenvalue weighted by atomic mass is 127. The van der Waals surface area contributed by atoms with Crippen LogP contribution in [0.3, 0.4) is 0 Å². The zero-order valence-corrected chi connectivity index (χ0v) is 6.86. The molecule has 0 saturated carbocycles. The highest BCUT2D eigenvalue weighted by Gasteiger charge is 1.71. The molecule has 6 heavy (non-hydrogen) atoms. The smallest absolute Gasteiger partial charge is 0.0193 e. The first kappa shape index (κ1) is 6.69. The largest absolute Gasteiger partial charge is 0.0980 e. The Morgan fingerprint density at radius 1 is 1.83 bits per heavy atom. The molecule has 0 heterocycles. The Morgan fingerprint density at radius 2 is 2.33 bits per heavy atom. The summed E-state index contributed by atoms with van der Waals surface area (Å²) in [5.74, 6) is 0. The zero-order chi connectivity index (χ0) is 4.99. The van der Waals surface area contributed by atoms with Crippen molar-refractivity contribution >= 4 is 38.5 Å². The van der Waals surface area contributed by atoms with Crippen LogP contribution in [0.4, 0.5) is 0 Å². The molecule has 0 aliphatic heterocycles. The summed E-state index contributed by atoms with van der Waals surface area (Å²) in [6, 6.07) is 0. The van der Waals surface area contributed by atoms with Gasteiger partial charge >= 0.3 is 0 Å². The van der Waals surface area contributed by atoms with Crippen LogP contribution in [0.15, 0.2) is 21.2 Å². The summed E-state index contributed by atoms with van der Waals surface area (Å²) < 4.78 is 1.12. The van der Waals surface area contributed by atoms with Crippen LogP contribution < -0.4 is 0 Å². The van der Waals surface area contributed by atoms with E-state index >= 15 is 0 Å². The van der Waals surface area contributed by atoms with E-state index in [0.29, 0.717) is 0 Å². The Kier molecular flexibility index (Phi) is 4.31. The molecule has 0 aromatic rings. The van der Waals surface area contributed by atoms with Gasteiger partial charge in [0.15, 0.2) is 0 Å². The van der Waals surface area contributed by atoms with Crippen molar-refractivity contribution in [2.45, 2.75) is 0 Å². The van der Waals surface area contributed by atoms with E-state index in [1.165, 1.54) is 0 Å². The second kappa shape index (κ2) is 3.87. The fourth-order valence-corrected chi connectivity index (χ4v) is 0.231. The summed E-state index contributed by atoms with van der Waals surface area (Å²) in [6.45, 7) is 3.53. The lowest BCUT2D eigenvalue weighted by Gasteiger charge is -1.74. The molecule has 0 atom stereocenters. The van der Waals surface area contributed by atoms with Crippen LogP contribution in [-0.2, 0) is 0 Å². The molecular weight excluding hydrogens is 255 g/mol. The number of halogens is 2. The van der Waals surface area contributed by atoms with E-state index in [0.717, 1.165) is 3.58 Å². The molecule has 0 aliphatic carbocycles. The van der Waals surface area contributed by atoms with Crippen LogP contribution in [0, 0.1) is 0 Å². The molecule has 0 aromatic carbocycles. The minimum Gasteiger partial charge on any atom is -0.0980 e. The molecule has 0 fully saturated rings. The van der Waals surface area contributed by atoms with Crippen molar-refractivity contribution in [1.29, 1.82) is 0 Å². The van der Waals surface area contributed by atoms with Gasteiger partial charge in [0, 0.05) is 3.58 Å². The van der Waals surface area contributed by atoms with Crippen LogP contribution in [0.2, 0.25) is 0 Å². The van der Waals surface area contributed by atoms with Crippen LogP contribution in [-0.4, -0.2) is 0 Å². The normalized spacial score (nSPS) is 11.3. The first-order chi connectivity index (χ1) is 2.81. The summed E-state index contributed by atoms with van der Waals surface area (Å²) in [5.41, 5.74) is 0. The first-order valence-electron chi connectivity index (χ1n) is 1.39. The van der Waals surface area contributed by atoms with Gasteiger partial charge in [0.2, 0.25) is 0 Å². The maximum atomic E-state index is 3.53. The average Bonchev–Trinajstić information content (AvgIpc) is 1.65. The lowest BCUT2D eigenvalue weighted by Crippen LogP contribution is -1.46. The van der Waals surface area contributed by atoms with Crippen molar-refractivity contribution in [3.8, 4) is 0 Å². The summed E-state index contributed by atoms with van der Waals surface area (Å²) in [4.78, 5) is 1.82. The Balaban J connectivity index is 3.50. The Labute approximate surface area is 59.6 Å². The standard InChI is InChI=1S/C4H4BrI/c1-2-4(6)3-5/h2-3H,1H2/b4-3-. The molecule has 34 valence electrons. The Morgan fingerprint density at radius 3 is 2.33 bits per heavy atom. The third-order valence-electron chi connectivity index (χ3n) is 0.299. The Bertz CT molecular complexity index is 75.6. The van der Waals surface area contributed by atoms with Gasteiger partial charge in [-0.15, -0.1) is 0 Å². The molecule has 0 aromatic heterocycles. The van der Waals surface area contributed by atoms with Crippen molar-refractivity contribution in [3.63, 3.8) is 0 Å². The molecule has 0 aliphatic rings. The molecular formula is C4H4BrI. The van der Waals surface area contributed by atoms with Gasteiger partial charge in [-0.3, -0.25) is 0 Å². The van der Waals surface area contributed by atoms with Crippen LogP contribution in [0.5, 0.6) is 0 Å². The topological polar surface area (TPSA) is 0 Å². The quantitative estimate of drug-likeness (QED) is 0.501. The second-order valence-electron chi connectivity index (χ2n) is 0.698. The third-order valence-corrected chi connectivity index (χ3v) is 2.40. The van der Waals surface area contributed by atoms with E-state index in [2.05, 4.69) is 45.1 Å². The lowest BCUT2D eigenvalue weighted by atomic mass is 10.6. The van der Waals surface area contributed by atoms with Gasteiger partial charge in [0.1, 0.15) is 0 Å². The monoisotopic (exact) mass is 258 g/mol. The second-order valence-corrected chi connectivity index (χ2v) is 2.40. The summed E-state index contributed by atoms with van der Waals surface area (Å²) >= 11 is 5.30. The molecule has 0 bridgehead atoms. The third kappa shape index (κ3) is 2.90. The van der Waals surface area contributed by atoms with Gasteiger partial charge in [-0.1, -0.05) is 28.6 Å². The highest BCUT2D eigenvalue weighted by molar-refractivity contribution is 14.1. The minimum absolute atomic E-state index is 1.12. The summed E-state index contributed by atoms with van der Waals surface area (Å²) in [5, 5.41) is 0. The van der Waals surface area contributed by atoms with Crippen molar-refractivity contribution in [2.75, 3.05) is 0 Å². The lowest BCUT2D eigenvalue weighted by molar-refractivity contribution is 2.10. The highest BCUT2D eigenvalue weighted by Crippen LogP contribution is 2.07. The van der Waals surface area contributed by atoms with Crippen LogP contribution >= 0.6 is 38.5 Å². The molecule has 0 radical (unpaired) electrons. The minimum atomic E-state index is 1.12. The molecule has 0 amide bonds. The van der Waals surface area contributed by atoms with Crippen LogP contribution in [0.25, 0.3) is 0 Å². The number of hydrogen-bond donors (Lipinski definition) is 0. The van der Waals surface area contributed by atoms with E-state index in [-0.39, 0.29) is 0 Å². The average molecular weight is 259 g/mol. The Hall–Kier alpha value is 0.690. The SMILES string of the molecule is C=C/C(I)=C/Br. The molecule has 0 saturated heterocycles. The summed E-state index contributed by atoms with van der Waals surface area (Å²) in [6.07, 6.45) is 1.77. The van der Waals surface area contributed by atoms with Crippen molar-refractivity contribution in [2.24, 2.45) is 0 Å². The predicted molar refractivity (Wildman–Crippen MR) is 41.2 cm³/mol. The molecule has 0 nitrogen and oxygen atoms in total. The number of allylic oxidation sites excluding steroid dienone is 2. The van der Waals surface area contributed by atoms with E-state index < -0.39 is 0 Å². The van der Waals surface area contributed by atoms with Gasteiger partial charge in [-0.25, -0.2) is 0 Å². The fourth-order valence-electron chi connectivity index (χ4n) is 0.0445. The predicted octanol–water partition coefficient (Wildman–Crippen LogP) is 2.84. The first-order valence-corrected chi connectivity index (χ1v) is 3.39. The summed E-state index contributed by atoms with van der Waals surface area (Å²) in [7, 11) is 0. The number of hydrogen-bond acceptors (Lipinski definition) is 0. The van der Waals surface area contributed by atoms with Crippen molar-refractivity contribution in [1.82, 2.24) is 0 Å². The molecule has 2 heteroatoms. The molecule has 0 N–H and O–H groups in total. The van der Waals surface area contributed by atoms with Gasteiger partial charge in [-0.05, 0) is 27.6 Å². The van der Waals surface area contributed by atoms with E-state index in [1.807, 2.05) is 4.99 Å². The van der Waals surface area contributed by atoms with E-state index in [1.54, 1.807) is 6.08 Å². The van der Waals surface area contributed by atoms with E-state index in [9.17, 15) is 0 Å². The van der Waals surface area contributed by atoms with E-state index in [4.69, 9.17) is 0 Å².